The van der Waals surface area contributed by atoms with Crippen LogP contribution in [0, 0.1) is 0 Å². The molecule has 2 heterocycles. The van der Waals surface area contributed by atoms with Crippen LogP contribution in [0.2, 0.25) is 0 Å². The molecule has 0 bridgehead atoms. The van der Waals surface area contributed by atoms with Gasteiger partial charge in [-0.3, -0.25) is 9.59 Å². The monoisotopic (exact) mass is 316 g/mol. The predicted octanol–water partition coefficient (Wildman–Crippen LogP) is 0.881. The van der Waals surface area contributed by atoms with E-state index in [1.165, 1.54) is 17.9 Å². The molecule has 0 aliphatic carbocycles. The summed E-state index contributed by atoms with van der Waals surface area (Å²) in [5, 5.41) is 7.27. The topological polar surface area (TPSA) is 86.1 Å². The zero-order valence-corrected chi connectivity index (χ0v) is 13.4. The Bertz CT molecular complexity index is 723. The molecule has 0 saturated carbocycles. The van der Waals surface area contributed by atoms with E-state index in [-0.39, 0.29) is 30.5 Å². The number of hydrogen-bond acceptors (Lipinski definition) is 6. The molecular formula is C16H20N4O3. The van der Waals surface area contributed by atoms with Crippen molar-refractivity contribution in [1.29, 1.82) is 0 Å². The average Bonchev–Trinajstić information content (AvgIpc) is 2.55. The lowest BCUT2D eigenvalue weighted by molar-refractivity contribution is -0.119. The standard InChI is InChI=1S/C16H20N4O3/c1-11(2)17-9-13(21)10-20-16(22)7-5-14(19-20)12-4-6-15(23-3)18-8-12/h4-8,11,17H,9-10H2,1-3H3. The number of rotatable bonds is 7. The van der Waals surface area contributed by atoms with Gasteiger partial charge in [0, 0.05) is 29.9 Å². The van der Waals surface area contributed by atoms with Gasteiger partial charge in [-0.1, -0.05) is 13.8 Å². The lowest BCUT2D eigenvalue weighted by atomic mass is 10.2. The summed E-state index contributed by atoms with van der Waals surface area (Å²) in [6.45, 7) is 4.06. The maximum Gasteiger partial charge on any atom is 0.267 e. The van der Waals surface area contributed by atoms with Crippen molar-refractivity contribution in [2.24, 2.45) is 0 Å². The van der Waals surface area contributed by atoms with Crippen molar-refractivity contribution in [3.05, 3.63) is 40.8 Å². The highest BCUT2D eigenvalue weighted by Gasteiger charge is 2.09. The first-order valence-electron chi connectivity index (χ1n) is 7.33. The quantitative estimate of drug-likeness (QED) is 0.816. The van der Waals surface area contributed by atoms with Crippen molar-refractivity contribution in [3.63, 3.8) is 0 Å². The van der Waals surface area contributed by atoms with Crippen molar-refractivity contribution in [2.75, 3.05) is 13.7 Å². The molecule has 0 atom stereocenters. The van der Waals surface area contributed by atoms with Gasteiger partial charge >= 0.3 is 0 Å². The number of aromatic nitrogens is 3. The molecule has 2 aromatic rings. The van der Waals surface area contributed by atoms with E-state index < -0.39 is 0 Å². The lowest BCUT2D eigenvalue weighted by Crippen LogP contribution is -2.34. The summed E-state index contributed by atoms with van der Waals surface area (Å²) in [4.78, 5) is 27.9. The van der Waals surface area contributed by atoms with Gasteiger partial charge < -0.3 is 10.1 Å². The van der Waals surface area contributed by atoms with Crippen LogP contribution in [0.4, 0.5) is 0 Å². The van der Waals surface area contributed by atoms with E-state index in [4.69, 9.17) is 4.74 Å². The Morgan fingerprint density at radius 3 is 2.70 bits per heavy atom. The Kier molecular flexibility index (Phi) is 5.59. The summed E-state index contributed by atoms with van der Waals surface area (Å²) in [6.07, 6.45) is 1.61. The molecule has 2 aromatic heterocycles. The molecule has 0 fully saturated rings. The SMILES string of the molecule is COc1ccc(-c2ccc(=O)n(CC(=O)CNC(C)C)n2)cn1. The average molecular weight is 316 g/mol. The molecule has 7 heteroatoms. The summed E-state index contributed by atoms with van der Waals surface area (Å²) in [5.41, 5.74) is 1.00. The van der Waals surface area contributed by atoms with E-state index >= 15 is 0 Å². The number of hydrogen-bond donors (Lipinski definition) is 1. The number of pyridine rings is 1. The van der Waals surface area contributed by atoms with Crippen LogP contribution < -0.4 is 15.6 Å². The normalized spacial score (nSPS) is 10.8. The van der Waals surface area contributed by atoms with E-state index in [1.807, 2.05) is 13.8 Å². The first-order valence-corrected chi connectivity index (χ1v) is 7.33. The highest BCUT2D eigenvalue weighted by molar-refractivity contribution is 5.80. The van der Waals surface area contributed by atoms with Gasteiger partial charge in [0.1, 0.15) is 6.54 Å². The van der Waals surface area contributed by atoms with Crippen LogP contribution in [0.25, 0.3) is 11.3 Å². The number of ketones is 1. The van der Waals surface area contributed by atoms with E-state index in [1.54, 1.807) is 24.4 Å². The molecule has 0 spiro atoms. The second-order valence-electron chi connectivity index (χ2n) is 5.38. The van der Waals surface area contributed by atoms with E-state index in [9.17, 15) is 9.59 Å². The first kappa shape index (κ1) is 16.8. The summed E-state index contributed by atoms with van der Waals surface area (Å²) in [7, 11) is 1.54. The summed E-state index contributed by atoms with van der Waals surface area (Å²) in [6, 6.07) is 6.73. The molecule has 0 unspecified atom stereocenters. The van der Waals surface area contributed by atoms with Gasteiger partial charge in [-0.15, -0.1) is 0 Å². The minimum atomic E-state index is -0.312. The molecule has 122 valence electrons. The number of methoxy groups -OCH3 is 1. The number of carbonyl (C=O) groups excluding carboxylic acids is 1. The molecule has 7 nitrogen and oxygen atoms in total. The minimum absolute atomic E-state index is 0.0595. The largest absolute Gasteiger partial charge is 0.481 e. The minimum Gasteiger partial charge on any atom is -0.481 e. The molecule has 0 radical (unpaired) electrons. The predicted molar refractivity (Wildman–Crippen MR) is 86.4 cm³/mol. The van der Waals surface area contributed by atoms with Gasteiger partial charge in [-0.2, -0.15) is 5.10 Å². The number of nitrogens with zero attached hydrogens (tertiary/aromatic N) is 3. The smallest absolute Gasteiger partial charge is 0.267 e. The second-order valence-corrected chi connectivity index (χ2v) is 5.38. The molecular weight excluding hydrogens is 296 g/mol. The van der Waals surface area contributed by atoms with Crippen LogP contribution in [0.15, 0.2) is 35.3 Å². The van der Waals surface area contributed by atoms with Gasteiger partial charge in [-0.05, 0) is 12.1 Å². The molecule has 0 saturated heterocycles. The number of Topliss-reactive ketones (excluding diaryl/α,β-unsaturated/α-hetero) is 1. The number of ether oxygens (including phenoxy) is 1. The van der Waals surface area contributed by atoms with Gasteiger partial charge in [0.2, 0.25) is 5.88 Å². The fourth-order valence-electron chi connectivity index (χ4n) is 1.91. The lowest BCUT2D eigenvalue weighted by Gasteiger charge is -2.09. The van der Waals surface area contributed by atoms with Crippen LogP contribution in [0.1, 0.15) is 13.8 Å². The fourth-order valence-corrected chi connectivity index (χ4v) is 1.91. The molecule has 0 amide bonds. The second kappa shape index (κ2) is 7.64. The highest BCUT2D eigenvalue weighted by Crippen LogP contribution is 2.16. The van der Waals surface area contributed by atoms with Gasteiger partial charge in [0.15, 0.2) is 5.78 Å². The Hall–Kier alpha value is -2.54. The molecule has 2 rings (SSSR count). The summed E-state index contributed by atoms with van der Waals surface area (Å²) in [5.74, 6) is 0.398. The number of nitrogens with one attached hydrogen (secondary N) is 1. The van der Waals surface area contributed by atoms with Crippen LogP contribution >= 0.6 is 0 Å². The van der Waals surface area contributed by atoms with Crippen LogP contribution in [-0.2, 0) is 11.3 Å². The van der Waals surface area contributed by atoms with E-state index in [2.05, 4.69) is 15.4 Å². The molecule has 0 aliphatic heterocycles. The molecule has 23 heavy (non-hydrogen) atoms. The summed E-state index contributed by atoms with van der Waals surface area (Å²) >= 11 is 0. The third kappa shape index (κ3) is 4.72. The van der Waals surface area contributed by atoms with Crippen molar-refractivity contribution in [1.82, 2.24) is 20.1 Å². The first-order chi connectivity index (χ1) is 11.0. The fraction of sp³-hybridized carbons (Fsp3) is 0.375. The van der Waals surface area contributed by atoms with Crippen LogP contribution in [-0.4, -0.2) is 40.2 Å². The number of carbonyl (C=O) groups is 1. The van der Waals surface area contributed by atoms with Gasteiger partial charge in [0.05, 0.1) is 19.3 Å². The van der Waals surface area contributed by atoms with E-state index in [0.29, 0.717) is 11.6 Å². The zero-order chi connectivity index (χ0) is 16.8. The maximum atomic E-state index is 11.9. The molecule has 0 aromatic carbocycles. The Balaban J connectivity index is 2.18. The van der Waals surface area contributed by atoms with Crippen LogP contribution in [0.5, 0.6) is 5.88 Å². The molecule has 1 N–H and O–H groups in total. The van der Waals surface area contributed by atoms with Gasteiger partial charge in [0.25, 0.3) is 5.56 Å². The maximum absolute atomic E-state index is 11.9. The van der Waals surface area contributed by atoms with E-state index in [0.717, 1.165) is 5.56 Å². The summed E-state index contributed by atoms with van der Waals surface area (Å²) < 4.78 is 6.18. The third-order valence-electron chi connectivity index (χ3n) is 3.14. The molecule has 0 aliphatic rings. The Labute approximate surface area is 134 Å². The van der Waals surface area contributed by atoms with Crippen molar-refractivity contribution < 1.29 is 9.53 Å². The zero-order valence-electron chi connectivity index (χ0n) is 13.4. The van der Waals surface area contributed by atoms with Gasteiger partial charge in [-0.25, -0.2) is 9.67 Å². The van der Waals surface area contributed by atoms with Crippen LogP contribution in [0.3, 0.4) is 0 Å². The Morgan fingerprint density at radius 1 is 1.30 bits per heavy atom. The third-order valence-corrected chi connectivity index (χ3v) is 3.14. The van der Waals surface area contributed by atoms with Crippen molar-refractivity contribution >= 4 is 5.78 Å². The van der Waals surface area contributed by atoms with Crippen molar-refractivity contribution in [2.45, 2.75) is 26.4 Å². The highest BCUT2D eigenvalue weighted by atomic mass is 16.5. The Morgan fingerprint density at radius 2 is 2.09 bits per heavy atom. The van der Waals surface area contributed by atoms with Crippen molar-refractivity contribution in [3.8, 4) is 17.1 Å².